The van der Waals surface area contributed by atoms with Crippen LogP contribution >= 0.6 is 0 Å². The molecule has 0 radical (unpaired) electrons. The summed E-state index contributed by atoms with van der Waals surface area (Å²) in [5.74, 6) is -1.99. The van der Waals surface area contributed by atoms with Gasteiger partial charge in [-0.05, 0) is 35.9 Å². The zero-order valence-corrected chi connectivity index (χ0v) is 16.3. The molecule has 7 nitrogen and oxygen atoms in total. The second kappa shape index (κ2) is 10.6. The first-order valence-electron chi connectivity index (χ1n) is 8.70. The van der Waals surface area contributed by atoms with Gasteiger partial charge in [0.25, 0.3) is 5.91 Å². The molecule has 1 N–H and O–H groups in total. The third-order valence-corrected chi connectivity index (χ3v) is 3.77. The van der Waals surface area contributed by atoms with Crippen molar-refractivity contribution >= 4 is 29.3 Å². The van der Waals surface area contributed by atoms with Gasteiger partial charge in [0, 0.05) is 19.8 Å². The van der Waals surface area contributed by atoms with Crippen molar-refractivity contribution in [1.29, 1.82) is 5.26 Å². The zero-order valence-electron chi connectivity index (χ0n) is 16.3. The Morgan fingerprint density at radius 2 is 1.83 bits per heavy atom. The smallest absolute Gasteiger partial charge is 0.387 e. The summed E-state index contributed by atoms with van der Waals surface area (Å²) in [7, 11) is 3.76. The molecule has 0 aliphatic heterocycles. The predicted octanol–water partition coefficient (Wildman–Crippen LogP) is 3.44. The van der Waals surface area contributed by atoms with E-state index in [9.17, 15) is 23.6 Å². The van der Waals surface area contributed by atoms with E-state index in [1.165, 1.54) is 30.3 Å². The van der Waals surface area contributed by atoms with Crippen LogP contribution in [0, 0.1) is 11.3 Å². The van der Waals surface area contributed by atoms with E-state index in [2.05, 4.69) is 10.1 Å². The molecule has 0 saturated carbocycles. The van der Waals surface area contributed by atoms with Gasteiger partial charge in [0.1, 0.15) is 17.4 Å². The predicted molar refractivity (Wildman–Crippen MR) is 107 cm³/mol. The molecule has 0 aromatic heterocycles. The number of nitrogens with one attached hydrogen (secondary N) is 1. The summed E-state index contributed by atoms with van der Waals surface area (Å²) < 4.78 is 34.0. The normalized spacial score (nSPS) is 10.9. The second-order valence-electron chi connectivity index (χ2n) is 6.15. The summed E-state index contributed by atoms with van der Waals surface area (Å²) in [5, 5.41) is 11.5. The highest BCUT2D eigenvalue weighted by Gasteiger charge is 2.15. The van der Waals surface area contributed by atoms with E-state index in [0.717, 1.165) is 5.69 Å². The fourth-order valence-corrected chi connectivity index (χ4v) is 2.34. The van der Waals surface area contributed by atoms with Crippen LogP contribution in [0.25, 0.3) is 6.08 Å². The van der Waals surface area contributed by atoms with Crippen LogP contribution in [0.3, 0.4) is 0 Å². The minimum atomic E-state index is -3.06. The Morgan fingerprint density at radius 1 is 1.17 bits per heavy atom. The van der Waals surface area contributed by atoms with Crippen LogP contribution < -0.4 is 15.0 Å². The maximum Gasteiger partial charge on any atom is 0.387 e. The number of ether oxygens (including phenoxy) is 2. The first kappa shape index (κ1) is 22.4. The molecular weight excluding hydrogens is 396 g/mol. The Morgan fingerprint density at radius 3 is 2.43 bits per heavy atom. The number of nitrogens with zero attached hydrogens (tertiary/aromatic N) is 2. The third-order valence-electron chi connectivity index (χ3n) is 3.77. The minimum absolute atomic E-state index is 0.00382. The van der Waals surface area contributed by atoms with Gasteiger partial charge in [-0.3, -0.25) is 4.79 Å². The molecule has 0 saturated heterocycles. The van der Waals surface area contributed by atoms with E-state index in [0.29, 0.717) is 5.56 Å². The number of halogens is 2. The number of benzene rings is 2. The van der Waals surface area contributed by atoms with Crippen LogP contribution in [0.2, 0.25) is 0 Å². The highest BCUT2D eigenvalue weighted by molar-refractivity contribution is 6.00. The number of carbonyl (C=O) groups excluding carboxylic acids is 2. The Kier molecular flexibility index (Phi) is 7.88. The molecule has 0 aliphatic rings. The summed E-state index contributed by atoms with van der Waals surface area (Å²) in [6.07, 6.45) is 1.34. The number of alkyl halides is 2. The Labute approximate surface area is 172 Å². The maximum atomic E-state index is 12.4. The molecule has 0 atom stereocenters. The number of nitriles is 1. The summed E-state index contributed by atoms with van der Waals surface area (Å²) >= 11 is 0. The number of rotatable bonds is 8. The van der Waals surface area contributed by atoms with E-state index in [1.807, 2.05) is 31.1 Å². The van der Waals surface area contributed by atoms with Gasteiger partial charge in [-0.15, -0.1) is 0 Å². The molecule has 2 aromatic carbocycles. The molecule has 2 aromatic rings. The minimum Gasteiger partial charge on any atom is -0.451 e. The van der Waals surface area contributed by atoms with Crippen LogP contribution in [0.1, 0.15) is 5.56 Å². The van der Waals surface area contributed by atoms with E-state index >= 15 is 0 Å². The SMILES string of the molecule is CN(C)c1ccc(C=C(C#N)C(=O)OCC(=O)Nc2ccccc2OC(F)F)cc1. The van der Waals surface area contributed by atoms with Crippen molar-refractivity contribution in [3.63, 3.8) is 0 Å². The highest BCUT2D eigenvalue weighted by atomic mass is 19.3. The standard InChI is InChI=1S/C21H19F2N3O4/c1-26(2)16-9-7-14(8-10-16)11-15(12-24)20(28)29-13-19(27)25-17-5-3-4-6-18(17)30-21(22)23/h3-11,21H,13H2,1-2H3,(H,25,27). The lowest BCUT2D eigenvalue weighted by Crippen LogP contribution is -2.22. The first-order chi connectivity index (χ1) is 14.3. The number of anilines is 2. The quantitative estimate of drug-likeness (QED) is 0.403. The van der Waals surface area contributed by atoms with Crippen molar-refractivity contribution in [3.8, 4) is 11.8 Å². The van der Waals surface area contributed by atoms with Crippen molar-refractivity contribution in [2.24, 2.45) is 0 Å². The molecule has 156 valence electrons. The van der Waals surface area contributed by atoms with Crippen LogP contribution in [-0.4, -0.2) is 39.2 Å². The molecule has 0 fully saturated rings. The van der Waals surface area contributed by atoms with Gasteiger partial charge in [-0.2, -0.15) is 14.0 Å². The Bertz CT molecular complexity index is 967. The second-order valence-corrected chi connectivity index (χ2v) is 6.15. The number of amides is 1. The molecule has 2 rings (SSSR count). The maximum absolute atomic E-state index is 12.4. The van der Waals surface area contributed by atoms with E-state index < -0.39 is 25.1 Å². The van der Waals surface area contributed by atoms with Crippen molar-refractivity contribution in [2.45, 2.75) is 6.61 Å². The Hall–Kier alpha value is -3.93. The number of hydrogen-bond donors (Lipinski definition) is 1. The molecule has 0 unspecified atom stereocenters. The molecule has 0 aliphatic carbocycles. The van der Waals surface area contributed by atoms with Gasteiger partial charge >= 0.3 is 12.6 Å². The molecule has 0 heterocycles. The lowest BCUT2D eigenvalue weighted by molar-refractivity contribution is -0.142. The first-order valence-corrected chi connectivity index (χ1v) is 8.70. The van der Waals surface area contributed by atoms with Gasteiger partial charge in [-0.1, -0.05) is 24.3 Å². The lowest BCUT2D eigenvalue weighted by atomic mass is 10.1. The van der Waals surface area contributed by atoms with Crippen molar-refractivity contribution in [1.82, 2.24) is 0 Å². The van der Waals surface area contributed by atoms with Gasteiger partial charge in [-0.25, -0.2) is 4.79 Å². The Balaban J connectivity index is 1.98. The van der Waals surface area contributed by atoms with Gasteiger partial charge in [0.2, 0.25) is 0 Å². The van der Waals surface area contributed by atoms with Crippen molar-refractivity contribution < 1.29 is 27.8 Å². The van der Waals surface area contributed by atoms with Gasteiger partial charge in [0.05, 0.1) is 5.69 Å². The van der Waals surface area contributed by atoms with E-state index in [1.54, 1.807) is 18.2 Å². The van der Waals surface area contributed by atoms with E-state index in [4.69, 9.17) is 4.74 Å². The number of carbonyl (C=O) groups is 2. The molecule has 0 bridgehead atoms. The van der Waals surface area contributed by atoms with Gasteiger partial charge < -0.3 is 19.7 Å². The summed E-state index contributed by atoms with van der Waals surface area (Å²) in [6, 6.07) is 14.4. The fourth-order valence-electron chi connectivity index (χ4n) is 2.34. The van der Waals surface area contributed by atoms with Gasteiger partial charge in [0.15, 0.2) is 6.61 Å². The fraction of sp³-hybridized carbons (Fsp3) is 0.190. The van der Waals surface area contributed by atoms with Crippen LogP contribution in [0.15, 0.2) is 54.1 Å². The zero-order chi connectivity index (χ0) is 22.1. The number of para-hydroxylation sites is 2. The molecular formula is C21H19F2N3O4. The molecule has 0 spiro atoms. The lowest BCUT2D eigenvalue weighted by Gasteiger charge is -2.12. The topological polar surface area (TPSA) is 91.7 Å². The number of hydrogen-bond acceptors (Lipinski definition) is 6. The molecule has 9 heteroatoms. The highest BCUT2D eigenvalue weighted by Crippen LogP contribution is 2.25. The summed E-state index contributed by atoms with van der Waals surface area (Å²) in [4.78, 5) is 26.0. The van der Waals surface area contributed by atoms with Crippen LogP contribution in [0.5, 0.6) is 5.75 Å². The summed E-state index contributed by atoms with van der Waals surface area (Å²) in [6.45, 7) is -3.77. The summed E-state index contributed by atoms with van der Waals surface area (Å²) in [5.41, 5.74) is 1.26. The molecule has 30 heavy (non-hydrogen) atoms. The largest absolute Gasteiger partial charge is 0.451 e. The number of esters is 1. The average Bonchev–Trinajstić information content (AvgIpc) is 2.71. The monoisotopic (exact) mass is 415 g/mol. The molecule has 1 amide bonds. The van der Waals surface area contributed by atoms with Crippen LogP contribution in [0.4, 0.5) is 20.2 Å². The third kappa shape index (κ3) is 6.60. The van der Waals surface area contributed by atoms with E-state index in [-0.39, 0.29) is 17.0 Å². The van der Waals surface area contributed by atoms with Crippen molar-refractivity contribution in [2.75, 3.05) is 30.9 Å². The van der Waals surface area contributed by atoms with Crippen molar-refractivity contribution in [3.05, 3.63) is 59.7 Å². The average molecular weight is 415 g/mol. The van der Waals surface area contributed by atoms with Crippen LogP contribution in [-0.2, 0) is 14.3 Å².